The number of nitrogens with zero attached hydrogens (tertiary/aromatic N) is 1. The second-order valence-corrected chi connectivity index (χ2v) is 4.26. The van der Waals surface area contributed by atoms with Gasteiger partial charge < -0.3 is 5.11 Å². The Labute approximate surface area is 118 Å². The number of nitro groups is 1. The summed E-state index contributed by atoms with van der Waals surface area (Å²) < 4.78 is 74.6. The number of benzene rings is 1. The Morgan fingerprint density at radius 1 is 1.05 bits per heavy atom. The molecule has 0 aliphatic carbocycles. The lowest BCUT2D eigenvalue weighted by molar-refractivity contribution is -0.384. The molecule has 0 bridgehead atoms. The van der Waals surface area contributed by atoms with Crippen molar-refractivity contribution in [3.8, 4) is 0 Å². The monoisotopic (exact) mass is 331 g/mol. The van der Waals surface area contributed by atoms with E-state index in [4.69, 9.17) is 5.11 Å². The zero-order valence-electron chi connectivity index (χ0n) is 10.4. The topological polar surface area (TPSA) is 80.4 Å². The van der Waals surface area contributed by atoms with Crippen molar-refractivity contribution in [1.82, 2.24) is 0 Å². The van der Waals surface area contributed by atoms with Gasteiger partial charge in [0.1, 0.15) is 0 Å². The second-order valence-electron chi connectivity index (χ2n) is 4.26. The zero-order chi connectivity index (χ0) is 17.3. The average Bonchev–Trinajstić information content (AvgIpc) is 2.36. The first-order valence-electron chi connectivity index (χ1n) is 5.43. The van der Waals surface area contributed by atoms with Gasteiger partial charge in [0.05, 0.1) is 11.3 Å². The highest BCUT2D eigenvalue weighted by molar-refractivity contribution is 5.97. The summed E-state index contributed by atoms with van der Waals surface area (Å²) in [5.41, 5.74) is -6.32. The quantitative estimate of drug-likeness (QED) is 0.398. The third kappa shape index (κ3) is 3.35. The van der Waals surface area contributed by atoms with E-state index in [1.807, 2.05) is 0 Å². The fourth-order valence-electron chi connectivity index (χ4n) is 1.46. The van der Waals surface area contributed by atoms with Gasteiger partial charge in [0.25, 0.3) is 11.3 Å². The van der Waals surface area contributed by atoms with E-state index in [0.717, 1.165) is 12.1 Å². The second kappa shape index (κ2) is 5.55. The number of hydrogen-bond donors (Lipinski definition) is 1. The maximum absolute atomic E-state index is 12.4. The minimum Gasteiger partial charge on any atom is -0.373 e. The van der Waals surface area contributed by atoms with Crippen molar-refractivity contribution in [3.05, 3.63) is 39.9 Å². The number of hydrogen-bond acceptors (Lipinski definition) is 4. The first kappa shape index (κ1) is 17.9. The molecule has 11 heteroatoms. The number of ketones is 1. The lowest BCUT2D eigenvalue weighted by Gasteiger charge is -2.31. The summed E-state index contributed by atoms with van der Waals surface area (Å²) >= 11 is 0. The van der Waals surface area contributed by atoms with E-state index in [0.29, 0.717) is 12.1 Å². The fourth-order valence-corrected chi connectivity index (χ4v) is 1.46. The molecule has 0 saturated heterocycles. The molecule has 0 unspecified atom stereocenters. The molecule has 22 heavy (non-hydrogen) atoms. The van der Waals surface area contributed by atoms with Crippen LogP contribution in [0.2, 0.25) is 0 Å². The molecule has 0 aromatic heterocycles. The number of aliphatic hydroxyl groups is 1. The SMILES string of the molecule is O=C(CC(O)(C(F)(F)F)C(F)(F)F)c1ccc([N+](=O)[O-])cc1. The standard InChI is InChI=1S/C11H7F6NO4/c12-10(13,14)9(20,11(15,16)17)5-8(19)6-1-3-7(4-2-6)18(21)22/h1-4,20H,5H2. The molecular formula is C11H7F6NO4. The van der Waals surface area contributed by atoms with Gasteiger partial charge in [-0.3, -0.25) is 14.9 Å². The lowest BCUT2D eigenvalue weighted by Crippen LogP contribution is -2.57. The van der Waals surface area contributed by atoms with Crippen molar-refractivity contribution in [2.45, 2.75) is 24.4 Å². The number of halogens is 6. The molecule has 5 nitrogen and oxygen atoms in total. The molecule has 0 radical (unpaired) electrons. The van der Waals surface area contributed by atoms with E-state index in [-0.39, 0.29) is 0 Å². The van der Waals surface area contributed by atoms with Crippen LogP contribution in [0, 0.1) is 10.1 Å². The summed E-state index contributed by atoms with van der Waals surface area (Å²) in [5.74, 6) is -1.66. The first-order chi connectivity index (χ1) is 9.79. The minimum absolute atomic E-state index is 0.501. The first-order valence-corrected chi connectivity index (χ1v) is 5.43. The molecule has 1 rings (SSSR count). The predicted octanol–water partition coefficient (Wildman–Crippen LogP) is 3.02. The normalized spacial score (nSPS) is 13.0. The number of nitro benzene ring substituents is 1. The molecule has 0 spiro atoms. The number of Topliss-reactive ketones (excluding diaryl/α,β-unsaturated/α-hetero) is 1. The van der Waals surface area contributed by atoms with Gasteiger partial charge in [0.2, 0.25) is 0 Å². The highest BCUT2D eigenvalue weighted by Gasteiger charge is 2.70. The van der Waals surface area contributed by atoms with Gasteiger partial charge >= 0.3 is 12.4 Å². The Balaban J connectivity index is 3.10. The van der Waals surface area contributed by atoms with Gasteiger partial charge in [0, 0.05) is 17.7 Å². The van der Waals surface area contributed by atoms with Crippen LogP contribution in [0.15, 0.2) is 24.3 Å². The molecule has 0 atom stereocenters. The zero-order valence-corrected chi connectivity index (χ0v) is 10.4. The minimum atomic E-state index is -6.11. The van der Waals surface area contributed by atoms with Crippen LogP contribution in [0.3, 0.4) is 0 Å². The van der Waals surface area contributed by atoms with Crippen LogP contribution in [0.1, 0.15) is 16.8 Å². The summed E-state index contributed by atoms with van der Waals surface area (Å²) in [4.78, 5) is 21.0. The summed E-state index contributed by atoms with van der Waals surface area (Å²) in [6.07, 6.45) is -14.5. The van der Waals surface area contributed by atoms with Crippen LogP contribution in [-0.4, -0.2) is 33.8 Å². The third-order valence-electron chi connectivity index (χ3n) is 2.75. The van der Waals surface area contributed by atoms with Crippen molar-refractivity contribution in [1.29, 1.82) is 0 Å². The molecule has 0 fully saturated rings. The molecule has 0 aliphatic rings. The Morgan fingerprint density at radius 2 is 1.45 bits per heavy atom. The van der Waals surface area contributed by atoms with Crippen molar-refractivity contribution in [2.75, 3.05) is 0 Å². The van der Waals surface area contributed by atoms with Crippen LogP contribution < -0.4 is 0 Å². The number of non-ortho nitro benzene ring substituents is 1. The van der Waals surface area contributed by atoms with Gasteiger partial charge in [-0.05, 0) is 12.1 Å². The van der Waals surface area contributed by atoms with Crippen molar-refractivity contribution >= 4 is 11.5 Å². The number of alkyl halides is 6. The van der Waals surface area contributed by atoms with E-state index in [1.165, 1.54) is 0 Å². The van der Waals surface area contributed by atoms with Crippen LogP contribution in [-0.2, 0) is 0 Å². The predicted molar refractivity (Wildman–Crippen MR) is 59.1 cm³/mol. The third-order valence-corrected chi connectivity index (χ3v) is 2.75. The molecule has 1 N–H and O–H groups in total. The van der Waals surface area contributed by atoms with Gasteiger partial charge in [-0.15, -0.1) is 0 Å². The lowest BCUT2D eigenvalue weighted by atomic mass is 9.92. The van der Waals surface area contributed by atoms with E-state index in [2.05, 4.69) is 0 Å². The smallest absolute Gasteiger partial charge is 0.373 e. The van der Waals surface area contributed by atoms with E-state index >= 15 is 0 Å². The van der Waals surface area contributed by atoms with Crippen LogP contribution >= 0.6 is 0 Å². The molecule has 1 aromatic carbocycles. The van der Waals surface area contributed by atoms with Crippen LogP contribution in [0.5, 0.6) is 0 Å². The summed E-state index contributed by atoms with van der Waals surface area (Å²) in [6, 6.07) is 2.89. The molecule has 122 valence electrons. The Hall–Kier alpha value is -2.17. The molecule has 0 aliphatic heterocycles. The maximum Gasteiger partial charge on any atom is 0.426 e. The molecule has 0 heterocycles. The molecular weight excluding hydrogens is 324 g/mol. The Morgan fingerprint density at radius 3 is 1.77 bits per heavy atom. The van der Waals surface area contributed by atoms with Crippen molar-refractivity contribution in [3.63, 3.8) is 0 Å². The summed E-state index contributed by atoms with van der Waals surface area (Å²) in [5, 5.41) is 19.2. The molecule has 1 aromatic rings. The number of rotatable bonds is 4. The van der Waals surface area contributed by atoms with E-state index in [1.54, 1.807) is 0 Å². The highest BCUT2D eigenvalue weighted by atomic mass is 19.4. The average molecular weight is 331 g/mol. The van der Waals surface area contributed by atoms with Crippen molar-refractivity contribution in [2.24, 2.45) is 0 Å². The van der Waals surface area contributed by atoms with E-state index < -0.39 is 46.3 Å². The molecule has 0 amide bonds. The van der Waals surface area contributed by atoms with Gasteiger partial charge in [-0.1, -0.05) is 0 Å². The largest absolute Gasteiger partial charge is 0.426 e. The van der Waals surface area contributed by atoms with E-state index in [9.17, 15) is 41.3 Å². The summed E-state index contributed by atoms with van der Waals surface area (Å²) in [6.45, 7) is 0. The van der Waals surface area contributed by atoms with Gasteiger partial charge in [-0.25, -0.2) is 0 Å². The summed E-state index contributed by atoms with van der Waals surface area (Å²) in [7, 11) is 0. The Bertz CT molecular complexity index is 564. The fraction of sp³-hybridized carbons (Fsp3) is 0.364. The van der Waals surface area contributed by atoms with Crippen LogP contribution in [0.25, 0.3) is 0 Å². The number of carbonyl (C=O) groups is 1. The van der Waals surface area contributed by atoms with Gasteiger partial charge in [0.15, 0.2) is 5.78 Å². The number of carbonyl (C=O) groups excluding carboxylic acids is 1. The van der Waals surface area contributed by atoms with Crippen LogP contribution in [0.4, 0.5) is 32.0 Å². The Kier molecular flexibility index (Phi) is 4.51. The maximum atomic E-state index is 12.4. The van der Waals surface area contributed by atoms with Crippen molar-refractivity contribution < 1.29 is 41.2 Å². The highest BCUT2D eigenvalue weighted by Crippen LogP contribution is 2.45. The molecule has 0 saturated carbocycles. The van der Waals surface area contributed by atoms with Gasteiger partial charge in [-0.2, -0.15) is 26.3 Å².